The molecule has 5 atom stereocenters. The molecule has 0 aliphatic carbocycles. The minimum atomic E-state index is -1.37. The van der Waals surface area contributed by atoms with E-state index in [1.807, 2.05) is 11.5 Å². The SMILES string of the molecule is [2H]CC1OC(n2cnc3c(C)ncnc32)C(OC)C1OP(OCCCC)N(C(C)C)C(C)C.[3H]OC. The molecule has 2 aromatic rings. The summed E-state index contributed by atoms with van der Waals surface area (Å²) in [4.78, 5) is 13.1. The van der Waals surface area contributed by atoms with Crippen molar-refractivity contribution in [3.63, 3.8) is 0 Å². The van der Waals surface area contributed by atoms with E-state index in [9.17, 15) is 0 Å². The third kappa shape index (κ3) is 6.49. The Balaban J connectivity index is 0.00000145. The van der Waals surface area contributed by atoms with Gasteiger partial charge < -0.3 is 23.6 Å². The first-order valence-corrected chi connectivity index (χ1v) is 12.9. The highest BCUT2D eigenvalue weighted by molar-refractivity contribution is 7.44. The molecule has 3 rings (SSSR count). The summed E-state index contributed by atoms with van der Waals surface area (Å²) < 4.78 is 43.1. The maximum atomic E-state index is 8.14. The van der Waals surface area contributed by atoms with E-state index in [1.165, 1.54) is 13.4 Å². The fraction of sp³-hybridized carbons (Fsp3) is 0.783. The van der Waals surface area contributed by atoms with Gasteiger partial charge in [-0.05, 0) is 47.9 Å². The third-order valence-corrected chi connectivity index (χ3v) is 7.66. The lowest BCUT2D eigenvalue weighted by atomic mass is 10.1. The molecular weight excluding hydrogens is 457 g/mol. The Morgan fingerprint density at radius 2 is 2.00 bits per heavy atom. The quantitative estimate of drug-likeness (QED) is 0.357. The molecule has 194 valence electrons. The molecule has 1 N–H and O–H groups in total. The van der Waals surface area contributed by atoms with E-state index in [4.69, 9.17) is 21.3 Å². The van der Waals surface area contributed by atoms with Gasteiger partial charge in [0.15, 0.2) is 11.9 Å². The zero-order valence-corrected chi connectivity index (χ0v) is 22.6. The molecule has 0 aromatic carbocycles. The first-order chi connectivity index (χ1) is 17.2. The van der Waals surface area contributed by atoms with Gasteiger partial charge in [-0.15, -0.1) is 0 Å². The lowest BCUT2D eigenvalue weighted by Gasteiger charge is -2.38. The number of fused-ring (bicyclic) bond motifs is 1. The minimum absolute atomic E-state index is 0.0448. The van der Waals surface area contributed by atoms with Crippen LogP contribution >= 0.6 is 8.53 Å². The summed E-state index contributed by atoms with van der Waals surface area (Å²) in [6.45, 7) is 13.3. The van der Waals surface area contributed by atoms with Gasteiger partial charge in [0.1, 0.15) is 24.1 Å². The molecule has 0 amide bonds. The van der Waals surface area contributed by atoms with Gasteiger partial charge in [-0.1, -0.05) is 13.3 Å². The Morgan fingerprint density at radius 1 is 1.29 bits per heavy atom. The van der Waals surface area contributed by atoms with Crippen molar-refractivity contribution in [3.05, 3.63) is 18.3 Å². The number of unbranched alkanes of at least 4 members (excludes halogenated alkanes) is 1. The second kappa shape index (κ2) is 13.7. The number of aromatic nitrogens is 4. The van der Waals surface area contributed by atoms with Crippen molar-refractivity contribution < 1.29 is 25.0 Å². The van der Waals surface area contributed by atoms with E-state index in [0.29, 0.717) is 12.3 Å². The van der Waals surface area contributed by atoms with Gasteiger partial charge in [0.05, 0.1) is 24.7 Å². The number of aliphatic hydroxyl groups is 1. The van der Waals surface area contributed by atoms with Gasteiger partial charge in [-0.25, -0.2) is 19.6 Å². The Kier molecular flexibility index (Phi) is 10.4. The molecular formula is C23H42N5O5P. The van der Waals surface area contributed by atoms with Crippen LogP contribution in [-0.2, 0) is 18.5 Å². The topological polar surface area (TPSA) is 104 Å². The number of aliphatic hydroxyl groups excluding tert-OH is 1. The molecule has 2 aromatic heterocycles. The Morgan fingerprint density at radius 3 is 2.59 bits per heavy atom. The Labute approximate surface area is 207 Å². The van der Waals surface area contributed by atoms with E-state index in [1.54, 1.807) is 13.4 Å². The van der Waals surface area contributed by atoms with Gasteiger partial charge >= 0.3 is 0 Å². The average molecular weight is 503 g/mol. The van der Waals surface area contributed by atoms with Gasteiger partial charge in [0.25, 0.3) is 8.53 Å². The zero-order chi connectivity index (χ0) is 26.8. The van der Waals surface area contributed by atoms with Crippen LogP contribution in [0.3, 0.4) is 0 Å². The molecule has 1 fully saturated rings. The fourth-order valence-corrected chi connectivity index (χ4v) is 5.79. The molecule has 1 saturated heterocycles. The number of aryl methyl sites for hydroxylation is 1. The molecule has 10 nitrogen and oxygen atoms in total. The van der Waals surface area contributed by atoms with E-state index < -0.39 is 33.1 Å². The predicted molar refractivity (Wildman–Crippen MR) is 133 cm³/mol. The lowest BCUT2D eigenvalue weighted by Crippen LogP contribution is -2.39. The summed E-state index contributed by atoms with van der Waals surface area (Å²) in [5.74, 6) is 0. The third-order valence-electron chi connectivity index (χ3n) is 5.53. The average Bonchev–Trinajstić information content (AvgIpc) is 3.41. The summed E-state index contributed by atoms with van der Waals surface area (Å²) in [7, 11) is 1.57. The number of methoxy groups -OCH3 is 1. The fourth-order valence-electron chi connectivity index (χ4n) is 3.98. The summed E-state index contributed by atoms with van der Waals surface area (Å²) in [5.41, 5.74) is 2.19. The molecule has 34 heavy (non-hydrogen) atoms. The van der Waals surface area contributed by atoms with Crippen LogP contribution in [0.2, 0.25) is 0 Å². The van der Waals surface area contributed by atoms with Crippen molar-refractivity contribution >= 4 is 19.7 Å². The van der Waals surface area contributed by atoms with Crippen LogP contribution in [0.1, 0.15) is 67.7 Å². The molecule has 0 bridgehead atoms. The second-order valence-electron chi connectivity index (χ2n) is 8.61. The van der Waals surface area contributed by atoms with Crippen molar-refractivity contribution in [2.24, 2.45) is 0 Å². The van der Waals surface area contributed by atoms with Crippen LogP contribution in [0.25, 0.3) is 11.2 Å². The number of nitrogens with zero attached hydrogens (tertiary/aromatic N) is 5. The van der Waals surface area contributed by atoms with E-state index in [0.717, 1.165) is 24.1 Å². The molecule has 5 unspecified atom stereocenters. The van der Waals surface area contributed by atoms with Crippen molar-refractivity contribution in [3.8, 4) is 0 Å². The zero-order valence-electron chi connectivity index (χ0n) is 23.7. The maximum Gasteiger partial charge on any atom is 0.259 e. The highest BCUT2D eigenvalue weighted by Crippen LogP contribution is 2.50. The number of rotatable bonds is 11. The second-order valence-corrected chi connectivity index (χ2v) is 10.0. The smallest absolute Gasteiger partial charge is 0.259 e. The normalized spacial score (nSPS) is 24.4. The molecule has 11 heteroatoms. The van der Waals surface area contributed by atoms with Crippen molar-refractivity contribution in [2.45, 2.75) is 97.9 Å². The Hall–Kier alpha value is -1.26. The monoisotopic (exact) mass is 502 g/mol. The lowest BCUT2D eigenvalue weighted by molar-refractivity contribution is -0.0466. The van der Waals surface area contributed by atoms with Crippen LogP contribution < -0.4 is 0 Å². The van der Waals surface area contributed by atoms with E-state index in [-0.39, 0.29) is 19.0 Å². The number of imidazole rings is 1. The van der Waals surface area contributed by atoms with Crippen LogP contribution in [0.15, 0.2) is 12.7 Å². The first kappa shape index (κ1) is 25.8. The van der Waals surface area contributed by atoms with E-state index in [2.05, 4.69) is 59.3 Å². The minimum Gasteiger partial charge on any atom is -0.400 e. The van der Waals surface area contributed by atoms with Crippen molar-refractivity contribution in [1.29, 1.82) is 1.43 Å². The van der Waals surface area contributed by atoms with Crippen molar-refractivity contribution in [1.82, 2.24) is 24.2 Å². The summed E-state index contributed by atoms with van der Waals surface area (Å²) >= 11 is 0. The summed E-state index contributed by atoms with van der Waals surface area (Å²) in [5, 5.41) is 3.50. The largest absolute Gasteiger partial charge is 0.400 e. The summed E-state index contributed by atoms with van der Waals surface area (Å²) in [6.07, 6.45) is 3.32. The maximum absolute atomic E-state index is 8.14. The van der Waals surface area contributed by atoms with Crippen molar-refractivity contribution in [2.75, 3.05) is 20.8 Å². The number of hydrogen-bond acceptors (Lipinski definition) is 9. The highest BCUT2D eigenvalue weighted by Gasteiger charge is 2.47. The predicted octanol–water partition coefficient (Wildman–Crippen LogP) is 4.22. The molecule has 1 aliphatic rings. The van der Waals surface area contributed by atoms with Crippen LogP contribution in [0.4, 0.5) is 0 Å². The summed E-state index contributed by atoms with van der Waals surface area (Å²) in [6, 6.07) is 0.479. The van der Waals surface area contributed by atoms with Crippen LogP contribution in [0.5, 0.6) is 0 Å². The van der Waals surface area contributed by atoms with Gasteiger partial charge in [-0.3, -0.25) is 4.57 Å². The van der Waals surface area contributed by atoms with E-state index >= 15 is 0 Å². The highest BCUT2D eigenvalue weighted by atomic mass is 31.2. The van der Waals surface area contributed by atoms with Crippen LogP contribution in [-0.4, -0.2) is 82.0 Å². The van der Waals surface area contributed by atoms with Gasteiger partial charge in [0, 0.05) is 27.7 Å². The van der Waals surface area contributed by atoms with Gasteiger partial charge in [0.2, 0.25) is 1.43 Å². The molecule has 1 aliphatic heterocycles. The molecule has 0 radical (unpaired) electrons. The molecule has 0 saturated carbocycles. The molecule has 3 heterocycles. The first-order valence-electron chi connectivity index (χ1n) is 12.9. The Bertz CT molecular complexity index is 901. The number of hydrogen-bond donors (Lipinski definition) is 1. The van der Waals surface area contributed by atoms with Gasteiger partial charge in [-0.2, -0.15) is 0 Å². The van der Waals surface area contributed by atoms with Crippen LogP contribution in [0, 0.1) is 6.92 Å². The molecule has 0 spiro atoms. The number of ether oxygens (including phenoxy) is 2. The standard InChI is InChI=1S/C22H38N5O4P.CH4O/c1-9-10-11-29-32(27(14(2)3)15(4)5)31-19-17(7)30-22(20(19)28-8)26-13-25-18-16(6)23-12-24-21(18)26;1-2/h12-15,17,19-20,22H,9-11H2,1-8H3;2H,1H3/i7D;2T.